The molecule has 2 aliphatic rings. The van der Waals surface area contributed by atoms with Gasteiger partial charge in [-0.2, -0.15) is 10.5 Å². The van der Waals surface area contributed by atoms with Gasteiger partial charge in [-0.05, 0) is 37.8 Å². The zero-order valence-electron chi connectivity index (χ0n) is 14.4. The molecule has 1 aromatic carbocycles. The largest absolute Gasteiger partial charge is 0.386 e. The molecule has 0 amide bonds. The van der Waals surface area contributed by atoms with Gasteiger partial charge in [-0.3, -0.25) is 0 Å². The van der Waals surface area contributed by atoms with Crippen LogP contribution >= 0.6 is 11.8 Å². The van der Waals surface area contributed by atoms with Gasteiger partial charge in [0.1, 0.15) is 11.3 Å². The first-order chi connectivity index (χ1) is 12.0. The molecule has 6 nitrogen and oxygen atoms in total. The summed E-state index contributed by atoms with van der Waals surface area (Å²) in [4.78, 5) is 5.43. The first kappa shape index (κ1) is 17.8. The van der Waals surface area contributed by atoms with Crippen LogP contribution in [-0.2, 0) is 9.47 Å². The molecule has 2 N–H and O–H groups in total. The lowest BCUT2D eigenvalue weighted by atomic mass is 9.93. The highest BCUT2D eigenvalue weighted by molar-refractivity contribution is 7.98. The first-order valence-electron chi connectivity index (χ1n) is 8.13. The van der Waals surface area contributed by atoms with Crippen LogP contribution in [0.15, 0.2) is 34.2 Å². The van der Waals surface area contributed by atoms with Gasteiger partial charge in [0.25, 0.3) is 5.91 Å². The van der Waals surface area contributed by atoms with Gasteiger partial charge in [0.05, 0.1) is 12.1 Å². The Hall–Kier alpha value is -2.06. The van der Waals surface area contributed by atoms with Gasteiger partial charge in [0, 0.05) is 24.0 Å². The van der Waals surface area contributed by atoms with E-state index >= 15 is 0 Å². The number of fused-ring (bicyclic) bond motifs is 1. The first-order valence-corrected chi connectivity index (χ1v) is 9.36. The number of ether oxygens (including phenoxy) is 2. The molecule has 3 atom stereocenters. The van der Waals surface area contributed by atoms with Crippen LogP contribution in [0, 0.1) is 33.5 Å². The number of thioether (sulfide) groups is 1. The van der Waals surface area contributed by atoms with E-state index in [4.69, 9.17) is 15.2 Å². The summed E-state index contributed by atoms with van der Waals surface area (Å²) in [5, 5.41) is 20.1. The van der Waals surface area contributed by atoms with Crippen molar-refractivity contribution in [1.29, 1.82) is 10.5 Å². The van der Waals surface area contributed by atoms with Crippen LogP contribution in [0.4, 0.5) is 0 Å². The number of amidine groups is 1. The molecule has 1 aromatic rings. The molecule has 0 radical (unpaired) electrons. The molecule has 0 bridgehead atoms. The number of nitrogens with zero attached hydrogens (tertiary/aromatic N) is 3. The summed E-state index contributed by atoms with van der Waals surface area (Å²) in [7, 11) is 0. The number of rotatable bonds is 6. The molecule has 1 aliphatic heterocycles. The van der Waals surface area contributed by atoms with Crippen molar-refractivity contribution in [1.82, 2.24) is 0 Å². The fraction of sp³-hybridized carbons (Fsp3) is 0.500. The molecule has 0 aromatic heterocycles. The fourth-order valence-corrected chi connectivity index (χ4v) is 4.45. The predicted octanol–water partition coefficient (Wildman–Crippen LogP) is 2.62. The van der Waals surface area contributed by atoms with E-state index in [1.165, 1.54) is 0 Å². The molecule has 0 saturated heterocycles. The lowest BCUT2D eigenvalue weighted by molar-refractivity contribution is -0.255. The van der Waals surface area contributed by atoms with Gasteiger partial charge in [-0.15, -0.1) is 11.8 Å². The number of nitriles is 2. The zero-order valence-corrected chi connectivity index (χ0v) is 15.3. The van der Waals surface area contributed by atoms with Crippen LogP contribution in [0.5, 0.6) is 0 Å². The summed E-state index contributed by atoms with van der Waals surface area (Å²) < 4.78 is 11.6. The number of aliphatic imine (C=N–C) groups is 1. The minimum Gasteiger partial charge on any atom is -0.386 e. The van der Waals surface area contributed by atoms with E-state index < -0.39 is 22.7 Å². The highest BCUT2D eigenvalue weighted by Crippen LogP contribution is 2.81. The van der Waals surface area contributed by atoms with Crippen molar-refractivity contribution in [2.45, 2.75) is 30.6 Å². The predicted molar refractivity (Wildman–Crippen MR) is 94.7 cm³/mol. The van der Waals surface area contributed by atoms with Crippen molar-refractivity contribution in [2.75, 3.05) is 19.5 Å². The second-order valence-corrected chi connectivity index (χ2v) is 6.87. The lowest BCUT2D eigenvalue weighted by Crippen LogP contribution is -2.43. The summed E-state index contributed by atoms with van der Waals surface area (Å²) >= 11 is 1.63. The zero-order chi connectivity index (χ0) is 18.3. The van der Waals surface area contributed by atoms with Crippen molar-refractivity contribution in [3.63, 3.8) is 0 Å². The number of nitrogens with two attached hydrogens (primary N) is 1. The van der Waals surface area contributed by atoms with Gasteiger partial charge in [-0.25, -0.2) is 4.99 Å². The van der Waals surface area contributed by atoms with Gasteiger partial charge in [0.2, 0.25) is 0 Å². The second-order valence-electron chi connectivity index (χ2n) is 5.99. The third kappa shape index (κ3) is 1.95. The Balaban J connectivity index is 2.17. The second kappa shape index (κ2) is 6.03. The molecular formula is C18H20N4O2S. The topological polar surface area (TPSA) is 104 Å². The normalized spacial score (nSPS) is 31.6. The van der Waals surface area contributed by atoms with Crippen LogP contribution < -0.4 is 5.73 Å². The standard InChI is InChI=1S/C18H20N4O2S/c1-4-23-18(24-5-2)17(11-20)14(16(17,10-19)15(21)22-18)12-6-8-13(25-3)9-7-12/h6-9,14H,4-5H2,1-3H3,(H2,21,22)/t14-,16-,17-/m1/s1. The van der Waals surface area contributed by atoms with Crippen LogP contribution in [0.2, 0.25) is 0 Å². The number of hydrogen-bond acceptors (Lipinski definition) is 7. The lowest BCUT2D eigenvalue weighted by Gasteiger charge is -2.31. The van der Waals surface area contributed by atoms with Crippen LogP contribution in [0.1, 0.15) is 25.3 Å². The Morgan fingerprint density at radius 2 is 1.76 bits per heavy atom. The average Bonchev–Trinajstić information content (AvgIpc) is 3.21. The molecule has 3 rings (SSSR count). The van der Waals surface area contributed by atoms with Gasteiger partial charge in [-0.1, -0.05) is 12.1 Å². The number of benzene rings is 1. The molecule has 1 saturated carbocycles. The van der Waals surface area contributed by atoms with Crippen molar-refractivity contribution >= 4 is 17.6 Å². The van der Waals surface area contributed by atoms with E-state index in [2.05, 4.69) is 17.1 Å². The monoisotopic (exact) mass is 356 g/mol. The van der Waals surface area contributed by atoms with Crippen molar-refractivity contribution in [3.05, 3.63) is 29.8 Å². The molecule has 0 unspecified atom stereocenters. The fourth-order valence-electron chi connectivity index (χ4n) is 4.05. The summed E-state index contributed by atoms with van der Waals surface area (Å²) in [6.45, 7) is 4.18. The maximum Gasteiger partial charge on any atom is 0.293 e. The molecule has 0 spiro atoms. The van der Waals surface area contributed by atoms with E-state index in [0.29, 0.717) is 13.2 Å². The molecule has 130 valence electrons. The van der Waals surface area contributed by atoms with Crippen LogP contribution in [-0.4, -0.2) is 31.2 Å². The highest BCUT2D eigenvalue weighted by atomic mass is 32.2. The average molecular weight is 356 g/mol. The Morgan fingerprint density at radius 1 is 1.16 bits per heavy atom. The van der Waals surface area contributed by atoms with Gasteiger partial charge >= 0.3 is 0 Å². The van der Waals surface area contributed by atoms with Crippen molar-refractivity contribution in [2.24, 2.45) is 21.6 Å². The Labute approximate surface area is 151 Å². The van der Waals surface area contributed by atoms with Crippen molar-refractivity contribution in [3.8, 4) is 12.1 Å². The molecule has 1 fully saturated rings. The van der Waals surface area contributed by atoms with Crippen LogP contribution in [0.25, 0.3) is 0 Å². The summed E-state index contributed by atoms with van der Waals surface area (Å²) in [5.41, 5.74) is 4.51. The minimum absolute atomic E-state index is 0.109. The Bertz CT molecular complexity index is 789. The highest BCUT2D eigenvalue weighted by Gasteiger charge is 2.93. The van der Waals surface area contributed by atoms with Gasteiger partial charge < -0.3 is 15.2 Å². The van der Waals surface area contributed by atoms with Gasteiger partial charge in [0.15, 0.2) is 5.41 Å². The summed E-state index contributed by atoms with van der Waals surface area (Å²) in [5.74, 6) is -1.88. The molecular weight excluding hydrogens is 336 g/mol. The summed E-state index contributed by atoms with van der Waals surface area (Å²) in [6.07, 6.45) is 1.99. The van der Waals surface area contributed by atoms with E-state index in [0.717, 1.165) is 10.5 Å². The molecule has 7 heteroatoms. The molecule has 25 heavy (non-hydrogen) atoms. The Kier molecular flexibility index (Phi) is 4.28. The van der Waals surface area contributed by atoms with Crippen molar-refractivity contribution < 1.29 is 9.47 Å². The van der Waals surface area contributed by atoms with E-state index in [1.54, 1.807) is 25.6 Å². The smallest absolute Gasteiger partial charge is 0.293 e. The summed E-state index contributed by atoms with van der Waals surface area (Å²) in [6, 6.07) is 12.4. The maximum absolute atomic E-state index is 10.1. The molecule has 1 heterocycles. The van der Waals surface area contributed by atoms with Crippen LogP contribution in [0.3, 0.4) is 0 Å². The Morgan fingerprint density at radius 3 is 2.20 bits per heavy atom. The molecule has 1 aliphatic carbocycles. The maximum atomic E-state index is 10.1. The van der Waals surface area contributed by atoms with E-state index in [-0.39, 0.29) is 5.84 Å². The quantitative estimate of drug-likeness (QED) is 0.620. The van der Waals surface area contributed by atoms with E-state index in [9.17, 15) is 10.5 Å². The third-order valence-corrected chi connectivity index (χ3v) is 5.80. The minimum atomic E-state index is -1.55. The third-order valence-electron chi connectivity index (χ3n) is 5.06. The SMILES string of the molecule is CCOC1(OCC)N=C(N)[C@@]2(C#N)[C@@H](c3ccc(SC)cc3)[C@@]12C#N. The van der Waals surface area contributed by atoms with E-state index in [1.807, 2.05) is 30.5 Å². The number of hydrogen-bond donors (Lipinski definition) is 1.